The van der Waals surface area contributed by atoms with E-state index in [-0.39, 0.29) is 36.4 Å². The third-order valence-electron chi connectivity index (χ3n) is 6.68. The molecule has 3 heterocycles. The molecule has 0 radical (unpaired) electrons. The predicted molar refractivity (Wildman–Crippen MR) is 112 cm³/mol. The molecule has 1 amide bonds. The van der Waals surface area contributed by atoms with Crippen LogP contribution in [0.2, 0.25) is 0 Å². The summed E-state index contributed by atoms with van der Waals surface area (Å²) in [7, 11) is 0. The van der Waals surface area contributed by atoms with Crippen LogP contribution in [0.4, 0.5) is 17.6 Å². The van der Waals surface area contributed by atoms with Gasteiger partial charge in [-0.15, -0.1) is 0 Å². The average molecular weight is 478 g/mol. The summed E-state index contributed by atoms with van der Waals surface area (Å²) in [4.78, 5) is 17.7. The molecule has 1 saturated heterocycles. The largest absolute Gasteiger partial charge is 0.416 e. The zero-order chi connectivity index (χ0) is 24.3. The normalized spacial score (nSPS) is 25.5. The number of fused-ring (bicyclic) bond motifs is 1. The molecule has 2 N–H and O–H groups in total. The first-order valence-electron chi connectivity index (χ1n) is 10.8. The molecule has 1 aliphatic heterocycles. The number of benzene rings is 1. The third-order valence-corrected chi connectivity index (χ3v) is 6.68. The number of nitrogens with zero attached hydrogens (tertiary/aromatic N) is 3. The highest BCUT2D eigenvalue weighted by atomic mass is 19.4. The van der Waals surface area contributed by atoms with E-state index in [0.717, 1.165) is 30.5 Å². The highest BCUT2D eigenvalue weighted by Crippen LogP contribution is 2.43. The minimum Gasteiger partial charge on any atom is -0.385 e. The van der Waals surface area contributed by atoms with E-state index in [1.807, 2.05) is 0 Å². The summed E-state index contributed by atoms with van der Waals surface area (Å²) in [6, 6.07) is 2.05. The molecule has 0 unspecified atom stereocenters. The van der Waals surface area contributed by atoms with Crippen LogP contribution in [0.5, 0.6) is 0 Å². The number of ether oxygens (including phenoxy) is 1. The quantitative estimate of drug-likeness (QED) is 0.560. The van der Waals surface area contributed by atoms with Gasteiger partial charge in [-0.1, -0.05) is 6.07 Å². The fourth-order valence-electron chi connectivity index (χ4n) is 4.55. The number of alkyl halides is 3. The van der Waals surface area contributed by atoms with Crippen LogP contribution < -0.4 is 5.32 Å². The Kier molecular flexibility index (Phi) is 5.17. The van der Waals surface area contributed by atoms with Crippen LogP contribution >= 0.6 is 0 Å². The van der Waals surface area contributed by atoms with Gasteiger partial charge in [-0.25, -0.2) is 13.9 Å². The first-order valence-corrected chi connectivity index (χ1v) is 10.8. The van der Waals surface area contributed by atoms with Crippen molar-refractivity contribution in [2.75, 3.05) is 13.2 Å². The van der Waals surface area contributed by atoms with E-state index in [1.54, 1.807) is 12.4 Å². The molecule has 0 spiro atoms. The van der Waals surface area contributed by atoms with E-state index in [2.05, 4.69) is 15.4 Å². The van der Waals surface area contributed by atoms with Crippen molar-refractivity contribution in [1.82, 2.24) is 19.9 Å². The maximum atomic E-state index is 15.1. The van der Waals surface area contributed by atoms with Gasteiger partial charge in [0.1, 0.15) is 22.5 Å². The molecule has 34 heavy (non-hydrogen) atoms. The van der Waals surface area contributed by atoms with E-state index in [1.165, 1.54) is 17.6 Å². The number of hydrogen-bond acceptors (Lipinski definition) is 5. The van der Waals surface area contributed by atoms with E-state index in [0.29, 0.717) is 12.0 Å². The number of hydrogen-bond donors (Lipinski definition) is 2. The number of halogens is 4. The molecule has 1 aliphatic carbocycles. The molecule has 3 aromatic rings. The molecule has 2 aliphatic rings. The Labute approximate surface area is 191 Å². The van der Waals surface area contributed by atoms with Gasteiger partial charge in [0, 0.05) is 31.0 Å². The molecule has 1 saturated carbocycles. The van der Waals surface area contributed by atoms with E-state index in [9.17, 15) is 23.1 Å². The Hall–Kier alpha value is -3.05. The molecule has 5 rings (SSSR count). The molecular weight excluding hydrogens is 456 g/mol. The first kappa shape index (κ1) is 22.7. The maximum absolute atomic E-state index is 15.1. The van der Waals surface area contributed by atoms with Crippen molar-refractivity contribution < 1.29 is 32.2 Å². The second-order valence-corrected chi connectivity index (χ2v) is 9.12. The molecule has 180 valence electrons. The zero-order valence-electron chi connectivity index (χ0n) is 18.2. The number of amides is 1. The van der Waals surface area contributed by atoms with Gasteiger partial charge in [-0.2, -0.15) is 18.3 Å². The third kappa shape index (κ3) is 3.72. The summed E-state index contributed by atoms with van der Waals surface area (Å²) in [5.41, 5.74) is -3.62. The number of carbonyl (C=O) groups excluding carboxylic acids is 1. The number of nitrogens with one attached hydrogen (secondary N) is 1. The molecule has 2 fully saturated rings. The van der Waals surface area contributed by atoms with E-state index < -0.39 is 34.6 Å². The molecule has 7 nitrogen and oxygen atoms in total. The van der Waals surface area contributed by atoms with Crippen LogP contribution in [-0.4, -0.2) is 44.4 Å². The van der Waals surface area contributed by atoms with Gasteiger partial charge in [0.15, 0.2) is 5.65 Å². The summed E-state index contributed by atoms with van der Waals surface area (Å²) < 4.78 is 61.2. The van der Waals surface area contributed by atoms with Gasteiger partial charge < -0.3 is 15.2 Å². The van der Waals surface area contributed by atoms with Crippen molar-refractivity contribution in [3.8, 4) is 0 Å². The maximum Gasteiger partial charge on any atom is 0.416 e. The molecule has 1 aromatic carbocycles. The average Bonchev–Trinajstić information content (AvgIpc) is 3.53. The summed E-state index contributed by atoms with van der Waals surface area (Å²) in [6.07, 6.45) is 2.14. The topological polar surface area (TPSA) is 88.8 Å². The van der Waals surface area contributed by atoms with Crippen LogP contribution in [0.25, 0.3) is 5.65 Å². The number of aromatic nitrogens is 3. The highest BCUT2D eigenvalue weighted by molar-refractivity contribution is 6.00. The SMILES string of the molecule is C[C@@]1(O)COCC[C@]1(NC(=O)c1cnn2cc(C3CC3)cnc12)c1ccc(C(F)(F)F)cc1F. The van der Waals surface area contributed by atoms with Crippen molar-refractivity contribution >= 4 is 11.6 Å². The van der Waals surface area contributed by atoms with Crippen LogP contribution in [-0.2, 0) is 16.5 Å². The second-order valence-electron chi connectivity index (χ2n) is 9.12. The minimum absolute atomic E-state index is 0.0502. The number of rotatable bonds is 4. The summed E-state index contributed by atoms with van der Waals surface area (Å²) in [6.45, 7) is 1.14. The lowest BCUT2D eigenvalue weighted by Crippen LogP contribution is -2.65. The standard InChI is InChI=1S/C23H22F4N4O3/c1-21(33)12-34-7-6-22(21,17-5-4-15(8-18(17)24)23(25,26)27)30-20(32)16-10-29-31-11-14(13-2-3-13)9-28-19(16)31/h4-5,8-11,13,33H,2-3,6-7,12H2,1H3,(H,30,32)/t21-,22+/m1/s1. The van der Waals surface area contributed by atoms with Gasteiger partial charge in [-0.05, 0) is 43.4 Å². The predicted octanol–water partition coefficient (Wildman–Crippen LogP) is 3.56. The van der Waals surface area contributed by atoms with Crippen molar-refractivity contribution in [3.63, 3.8) is 0 Å². The van der Waals surface area contributed by atoms with Gasteiger partial charge in [0.2, 0.25) is 0 Å². The smallest absolute Gasteiger partial charge is 0.385 e. The van der Waals surface area contributed by atoms with Crippen LogP contribution in [0.1, 0.15) is 59.2 Å². The van der Waals surface area contributed by atoms with Gasteiger partial charge >= 0.3 is 6.18 Å². The minimum atomic E-state index is -4.74. The van der Waals surface area contributed by atoms with Gasteiger partial charge in [0.25, 0.3) is 5.91 Å². The summed E-state index contributed by atoms with van der Waals surface area (Å²) >= 11 is 0. The number of carbonyl (C=O) groups is 1. The second kappa shape index (κ2) is 7.74. The molecule has 11 heteroatoms. The number of aliphatic hydroxyl groups is 1. The van der Waals surface area contributed by atoms with E-state index in [4.69, 9.17) is 4.74 Å². The fraction of sp³-hybridized carbons (Fsp3) is 0.435. The van der Waals surface area contributed by atoms with Crippen molar-refractivity contribution in [1.29, 1.82) is 0 Å². The Balaban J connectivity index is 1.55. The van der Waals surface area contributed by atoms with E-state index >= 15 is 4.39 Å². The first-order chi connectivity index (χ1) is 16.0. The Morgan fingerprint density at radius 1 is 1.29 bits per heavy atom. The Bertz CT molecular complexity index is 1270. The van der Waals surface area contributed by atoms with Crippen molar-refractivity contribution in [2.24, 2.45) is 0 Å². The van der Waals surface area contributed by atoms with Gasteiger partial charge in [0.05, 0.1) is 18.4 Å². The van der Waals surface area contributed by atoms with Gasteiger partial charge in [-0.3, -0.25) is 4.79 Å². The Morgan fingerprint density at radius 3 is 2.71 bits per heavy atom. The lowest BCUT2D eigenvalue weighted by atomic mass is 9.71. The lowest BCUT2D eigenvalue weighted by Gasteiger charge is -2.49. The lowest BCUT2D eigenvalue weighted by molar-refractivity contribution is -0.140. The summed E-state index contributed by atoms with van der Waals surface area (Å²) in [5, 5.41) is 18.1. The summed E-state index contributed by atoms with van der Waals surface area (Å²) in [5.74, 6) is -1.45. The monoisotopic (exact) mass is 478 g/mol. The zero-order valence-corrected chi connectivity index (χ0v) is 18.2. The highest BCUT2D eigenvalue weighted by Gasteiger charge is 2.53. The van der Waals surface area contributed by atoms with Crippen LogP contribution in [0, 0.1) is 5.82 Å². The molecular formula is C23H22F4N4O3. The fourth-order valence-corrected chi connectivity index (χ4v) is 4.55. The van der Waals surface area contributed by atoms with Crippen LogP contribution in [0.3, 0.4) is 0 Å². The molecule has 0 bridgehead atoms. The molecule has 2 aromatic heterocycles. The van der Waals surface area contributed by atoms with Crippen molar-refractivity contribution in [2.45, 2.75) is 49.4 Å². The Morgan fingerprint density at radius 2 is 2.06 bits per heavy atom. The van der Waals surface area contributed by atoms with Crippen LogP contribution in [0.15, 0.2) is 36.8 Å². The molecule has 2 atom stereocenters. The van der Waals surface area contributed by atoms with Crippen molar-refractivity contribution in [3.05, 3.63) is 64.9 Å².